The minimum absolute atomic E-state index is 0.175. The molecule has 1 aromatic heterocycles. The Labute approximate surface area is 278 Å². The quantitative estimate of drug-likeness (QED) is 0.165. The summed E-state index contributed by atoms with van der Waals surface area (Å²) in [6.45, 7) is 13.9. The number of nitrogens with zero attached hydrogens (tertiary/aromatic N) is 5. The van der Waals surface area contributed by atoms with E-state index in [1.54, 1.807) is 25.1 Å². The Hall–Kier alpha value is -4.07. The number of carbonyl (C=O) groups excluding carboxylic acids is 1. The van der Waals surface area contributed by atoms with E-state index in [-0.39, 0.29) is 11.3 Å². The molecule has 1 amide bonds. The maximum absolute atomic E-state index is 13.2. The Morgan fingerprint density at radius 3 is 2.74 bits per heavy atom. The first-order valence-electron chi connectivity index (χ1n) is 15.9. The van der Waals surface area contributed by atoms with Crippen LogP contribution in [0.4, 0.5) is 5.69 Å². The van der Waals surface area contributed by atoms with Crippen molar-refractivity contribution in [1.29, 1.82) is 0 Å². The molecule has 1 aromatic carbocycles. The van der Waals surface area contributed by atoms with E-state index in [0.29, 0.717) is 25.4 Å². The molecule has 2 aromatic rings. The van der Waals surface area contributed by atoms with Gasteiger partial charge in [-0.1, -0.05) is 25.7 Å². The molecular weight excluding hydrogens is 595 g/mol. The minimum Gasteiger partial charge on any atom is -0.481 e. The van der Waals surface area contributed by atoms with Crippen molar-refractivity contribution in [3.8, 4) is 12.3 Å². The number of carbonyl (C=O) groups is 1. The van der Waals surface area contributed by atoms with Gasteiger partial charge in [-0.15, -0.1) is 24.1 Å². The van der Waals surface area contributed by atoms with Crippen molar-refractivity contribution in [2.24, 2.45) is 15.4 Å². The van der Waals surface area contributed by atoms with Crippen molar-refractivity contribution < 1.29 is 9.53 Å². The number of rotatable bonds is 11. The van der Waals surface area contributed by atoms with Gasteiger partial charge in [0.15, 0.2) is 0 Å². The largest absolute Gasteiger partial charge is 0.481 e. The van der Waals surface area contributed by atoms with Crippen LogP contribution < -0.4 is 5.32 Å². The normalized spacial score (nSPS) is 18.0. The molecule has 10 heteroatoms. The van der Waals surface area contributed by atoms with Crippen LogP contribution in [0.25, 0.3) is 16.5 Å². The van der Waals surface area contributed by atoms with Gasteiger partial charge in [0.1, 0.15) is 0 Å². The van der Waals surface area contributed by atoms with Crippen LogP contribution in [-0.4, -0.2) is 89.5 Å². The number of anilines is 1. The lowest BCUT2D eigenvalue weighted by atomic mass is 9.73. The second-order valence-corrected chi connectivity index (χ2v) is 12.9. The van der Waals surface area contributed by atoms with Gasteiger partial charge in [0.2, 0.25) is 11.8 Å². The van der Waals surface area contributed by atoms with Crippen LogP contribution in [0.2, 0.25) is 0 Å². The van der Waals surface area contributed by atoms with Crippen LogP contribution in [0, 0.1) is 17.8 Å². The number of allylic oxidation sites excluding steroid dienone is 3. The highest BCUT2D eigenvalue weighted by atomic mass is 32.2. The van der Waals surface area contributed by atoms with Crippen molar-refractivity contribution >= 4 is 50.8 Å². The second kappa shape index (κ2) is 16.5. The number of likely N-dealkylation sites (tertiary alicyclic amines) is 1. The highest BCUT2D eigenvalue weighted by molar-refractivity contribution is 8.14. The summed E-state index contributed by atoms with van der Waals surface area (Å²) in [5.41, 5.74) is 5.50. The zero-order chi connectivity index (χ0) is 33.1. The molecule has 244 valence electrons. The molecule has 0 spiro atoms. The zero-order valence-electron chi connectivity index (χ0n) is 27.9. The fourth-order valence-corrected chi connectivity index (χ4v) is 6.76. The van der Waals surface area contributed by atoms with Crippen molar-refractivity contribution in [1.82, 2.24) is 20.0 Å². The lowest BCUT2D eigenvalue weighted by Gasteiger charge is -2.42. The van der Waals surface area contributed by atoms with Crippen molar-refractivity contribution in [2.75, 3.05) is 58.0 Å². The number of hydrogen-bond donors (Lipinski definition) is 2. The molecule has 2 aliphatic heterocycles. The van der Waals surface area contributed by atoms with E-state index in [0.717, 1.165) is 83.2 Å². The molecular formula is C36H47N7O2S. The monoisotopic (exact) mass is 641 g/mol. The lowest BCUT2D eigenvalue weighted by molar-refractivity contribution is -0.132. The van der Waals surface area contributed by atoms with E-state index in [4.69, 9.17) is 11.2 Å². The summed E-state index contributed by atoms with van der Waals surface area (Å²) in [6.07, 6.45) is 16.6. The van der Waals surface area contributed by atoms with Gasteiger partial charge in [-0.25, -0.2) is 4.99 Å². The maximum Gasteiger partial charge on any atom is 0.237 e. The van der Waals surface area contributed by atoms with Crippen molar-refractivity contribution in [2.45, 2.75) is 46.5 Å². The van der Waals surface area contributed by atoms with Gasteiger partial charge in [-0.05, 0) is 81.3 Å². The number of H-pyrrole nitrogens is 1. The zero-order valence-corrected chi connectivity index (χ0v) is 28.7. The first-order chi connectivity index (χ1) is 22.3. The summed E-state index contributed by atoms with van der Waals surface area (Å²) in [5.74, 6) is 4.57. The van der Waals surface area contributed by atoms with Crippen LogP contribution >= 0.6 is 11.8 Å². The number of aromatic nitrogens is 2. The highest BCUT2D eigenvalue weighted by Crippen LogP contribution is 2.41. The number of piperidine rings is 1. The fourth-order valence-electron chi connectivity index (χ4n) is 5.99. The number of ether oxygens (including phenoxy) is 1. The van der Waals surface area contributed by atoms with Gasteiger partial charge in [-0.3, -0.25) is 19.8 Å². The van der Waals surface area contributed by atoms with Gasteiger partial charge in [0, 0.05) is 61.0 Å². The average Bonchev–Trinajstić information content (AvgIpc) is 3.50. The number of aliphatic imine (C=N–C) groups is 2. The lowest BCUT2D eigenvalue weighted by Crippen LogP contribution is -2.47. The summed E-state index contributed by atoms with van der Waals surface area (Å²) in [4.78, 5) is 26.2. The Morgan fingerprint density at radius 2 is 2.11 bits per heavy atom. The summed E-state index contributed by atoms with van der Waals surface area (Å²) >= 11 is 1.76. The molecule has 0 bridgehead atoms. The van der Waals surface area contributed by atoms with Gasteiger partial charge in [-0.2, -0.15) is 5.10 Å². The van der Waals surface area contributed by atoms with Gasteiger partial charge in [0.05, 0.1) is 29.9 Å². The molecule has 2 N–H and O–H groups in total. The van der Waals surface area contributed by atoms with Crippen LogP contribution in [0.5, 0.6) is 0 Å². The van der Waals surface area contributed by atoms with E-state index in [9.17, 15) is 4.79 Å². The van der Waals surface area contributed by atoms with E-state index >= 15 is 0 Å². The van der Waals surface area contributed by atoms with Crippen LogP contribution in [0.1, 0.15) is 52.1 Å². The molecule has 46 heavy (non-hydrogen) atoms. The molecule has 1 fully saturated rings. The Kier molecular flexibility index (Phi) is 12.5. The predicted molar refractivity (Wildman–Crippen MR) is 194 cm³/mol. The maximum atomic E-state index is 13.2. The standard InChI is InChI=1S/C36H47N7O2S/c1-8-15-36(16-21-42(22-17-36)25-33(44)43-19-13-28(14-20-43)35(37-6)46-10-3)27(5)39-29-11-12-31-30(24-29)34(41-40-31)26(4)23-32(45-7)38-18-9-2/h1,9,11-13,18,23-24,39H,5,10,14-17,19-22,25H2,2-4,6-7H3,(H,40,41)/b18-9-,26-23+,37-35?,38-32-. The number of aromatic amines is 1. The Morgan fingerprint density at radius 1 is 1.33 bits per heavy atom. The molecule has 1 saturated heterocycles. The van der Waals surface area contributed by atoms with Crippen molar-refractivity contribution in [3.63, 3.8) is 0 Å². The number of hydrogen-bond acceptors (Lipinski definition) is 8. The highest BCUT2D eigenvalue weighted by Gasteiger charge is 2.37. The molecule has 0 radical (unpaired) electrons. The smallest absolute Gasteiger partial charge is 0.237 e. The number of thioether (sulfide) groups is 1. The van der Waals surface area contributed by atoms with Gasteiger partial charge < -0.3 is 15.0 Å². The SMILES string of the molecule is C#CCC1(C(=C)Nc2ccc3[nH]nc(/C(C)=C/C(=N/C=C\C)OC)c3c2)CCN(CC(=O)N2CC=C(C(=NC)SCC)CC2)CC1. The Balaban J connectivity index is 1.40. The summed E-state index contributed by atoms with van der Waals surface area (Å²) in [5, 5.41) is 13.3. The van der Waals surface area contributed by atoms with Crippen molar-refractivity contribution in [3.05, 3.63) is 66.2 Å². The van der Waals surface area contributed by atoms with Crippen LogP contribution in [0.3, 0.4) is 0 Å². The topological polar surface area (TPSA) is 98.2 Å². The molecule has 9 nitrogen and oxygen atoms in total. The third-order valence-electron chi connectivity index (χ3n) is 8.70. The number of fused-ring (bicyclic) bond motifs is 1. The summed E-state index contributed by atoms with van der Waals surface area (Å²) in [7, 11) is 3.44. The van der Waals surface area contributed by atoms with E-state index in [1.807, 2.05) is 50.1 Å². The molecule has 2 aliphatic rings. The molecule has 0 atom stereocenters. The Bertz CT molecular complexity index is 1600. The van der Waals surface area contributed by atoms with E-state index in [1.165, 1.54) is 5.57 Å². The number of methoxy groups -OCH3 is 1. The van der Waals surface area contributed by atoms with Crippen LogP contribution in [-0.2, 0) is 9.53 Å². The van der Waals surface area contributed by atoms with Gasteiger partial charge in [0.25, 0.3) is 0 Å². The van der Waals surface area contributed by atoms with Gasteiger partial charge >= 0.3 is 0 Å². The number of terminal acetylenes is 1. The average molecular weight is 642 g/mol. The predicted octanol–water partition coefficient (Wildman–Crippen LogP) is 6.52. The fraction of sp³-hybridized carbons (Fsp3) is 0.444. The number of amides is 1. The number of benzene rings is 1. The van der Waals surface area contributed by atoms with E-state index < -0.39 is 0 Å². The molecule has 0 saturated carbocycles. The first-order valence-corrected chi connectivity index (χ1v) is 16.8. The third kappa shape index (κ3) is 8.39. The first kappa shape index (κ1) is 34.8. The van der Waals surface area contributed by atoms with Crippen LogP contribution in [0.15, 0.2) is 70.5 Å². The summed E-state index contributed by atoms with van der Waals surface area (Å²) in [6, 6.07) is 6.12. The third-order valence-corrected chi connectivity index (χ3v) is 9.71. The molecule has 0 aliphatic carbocycles. The van der Waals surface area contributed by atoms with E-state index in [2.05, 4.69) is 62.0 Å². The molecule has 0 unspecified atom stereocenters. The summed E-state index contributed by atoms with van der Waals surface area (Å²) < 4.78 is 5.41. The molecule has 4 rings (SSSR count). The molecule has 3 heterocycles. The second-order valence-electron chi connectivity index (χ2n) is 11.6. The minimum atomic E-state index is -0.259. The number of nitrogens with one attached hydrogen (secondary N) is 2.